The van der Waals surface area contributed by atoms with Crippen molar-refractivity contribution in [2.45, 2.75) is 45.6 Å². The Morgan fingerprint density at radius 3 is 2.34 bits per heavy atom. The van der Waals surface area contributed by atoms with Gasteiger partial charge in [-0.3, -0.25) is 0 Å². The first-order valence-electron chi connectivity index (χ1n) is 14.3. The van der Waals surface area contributed by atoms with E-state index in [1.54, 1.807) is 48.5 Å². The van der Waals surface area contributed by atoms with E-state index in [1.807, 2.05) is 31.2 Å². The average Bonchev–Trinajstić information content (AvgIpc) is 3.00. The van der Waals surface area contributed by atoms with Crippen molar-refractivity contribution in [3.63, 3.8) is 0 Å². The number of rotatable bonds is 8. The molecule has 0 radical (unpaired) electrons. The number of carbonyl (C=O) groups excluding carboxylic acids is 1. The Morgan fingerprint density at radius 2 is 1.68 bits per heavy atom. The number of fused-ring (bicyclic) bond motifs is 1. The maximum Gasteiger partial charge on any atom is 0.343 e. The Morgan fingerprint density at radius 1 is 0.955 bits per heavy atom. The minimum absolute atomic E-state index is 0.0364. The molecular formula is C36H33FN2O5. The predicted molar refractivity (Wildman–Crippen MR) is 164 cm³/mol. The summed E-state index contributed by atoms with van der Waals surface area (Å²) in [6.45, 7) is 8.79. The van der Waals surface area contributed by atoms with Gasteiger partial charge in [0.2, 0.25) is 5.88 Å². The van der Waals surface area contributed by atoms with Gasteiger partial charge in [-0.05, 0) is 71.5 Å². The van der Waals surface area contributed by atoms with Gasteiger partial charge in [0.1, 0.15) is 35.6 Å². The Hall–Kier alpha value is -5.29. The zero-order valence-corrected chi connectivity index (χ0v) is 25.0. The summed E-state index contributed by atoms with van der Waals surface area (Å²) in [6, 6.07) is 26.0. The van der Waals surface area contributed by atoms with Crippen LogP contribution in [0.4, 0.5) is 4.39 Å². The zero-order valence-electron chi connectivity index (χ0n) is 25.0. The molecule has 0 aromatic heterocycles. The molecule has 0 aliphatic carbocycles. The summed E-state index contributed by atoms with van der Waals surface area (Å²) in [5, 5.41) is 10.0. The van der Waals surface area contributed by atoms with Crippen LogP contribution in [0.25, 0.3) is 0 Å². The van der Waals surface area contributed by atoms with Crippen LogP contribution in [0.3, 0.4) is 0 Å². The molecule has 224 valence electrons. The second-order valence-electron chi connectivity index (χ2n) is 11.4. The van der Waals surface area contributed by atoms with E-state index in [9.17, 15) is 14.4 Å². The summed E-state index contributed by atoms with van der Waals surface area (Å²) >= 11 is 0. The lowest BCUT2D eigenvalue weighted by Gasteiger charge is -2.27. The molecule has 5 rings (SSSR count). The van der Waals surface area contributed by atoms with Crippen molar-refractivity contribution in [1.29, 1.82) is 5.26 Å². The van der Waals surface area contributed by atoms with Crippen LogP contribution in [0.15, 0.2) is 96.4 Å². The van der Waals surface area contributed by atoms with E-state index in [1.165, 1.54) is 12.1 Å². The van der Waals surface area contributed by atoms with Crippen molar-refractivity contribution in [2.75, 3.05) is 6.61 Å². The number of carbonyl (C=O) groups is 1. The van der Waals surface area contributed by atoms with Crippen LogP contribution in [0, 0.1) is 17.1 Å². The van der Waals surface area contributed by atoms with Crippen molar-refractivity contribution >= 4 is 5.97 Å². The maximum atomic E-state index is 13.3. The summed E-state index contributed by atoms with van der Waals surface area (Å²) < 4.78 is 36.7. The second kappa shape index (κ2) is 12.5. The highest BCUT2D eigenvalue weighted by atomic mass is 19.1. The summed E-state index contributed by atoms with van der Waals surface area (Å²) in [5.41, 5.74) is 10.2. The van der Waals surface area contributed by atoms with Gasteiger partial charge >= 0.3 is 5.97 Å². The summed E-state index contributed by atoms with van der Waals surface area (Å²) in [6.07, 6.45) is 0. The first-order chi connectivity index (χ1) is 21.1. The third-order valence-corrected chi connectivity index (χ3v) is 7.30. The minimum atomic E-state index is -0.566. The van der Waals surface area contributed by atoms with Crippen molar-refractivity contribution in [3.05, 3.63) is 130 Å². The number of esters is 1. The van der Waals surface area contributed by atoms with E-state index in [0.717, 1.165) is 16.7 Å². The van der Waals surface area contributed by atoms with Crippen molar-refractivity contribution in [1.82, 2.24) is 0 Å². The maximum absolute atomic E-state index is 13.3. The molecule has 0 amide bonds. The normalized spacial score (nSPS) is 14.2. The molecule has 0 spiro atoms. The Balaban J connectivity index is 1.41. The number of hydrogen-bond donors (Lipinski definition) is 1. The van der Waals surface area contributed by atoms with Gasteiger partial charge in [0, 0.05) is 11.6 Å². The molecule has 2 N–H and O–H groups in total. The number of ether oxygens (including phenoxy) is 4. The molecule has 0 fully saturated rings. The second-order valence-corrected chi connectivity index (χ2v) is 11.4. The van der Waals surface area contributed by atoms with E-state index in [4.69, 9.17) is 24.7 Å². The first-order valence-corrected chi connectivity index (χ1v) is 14.3. The van der Waals surface area contributed by atoms with Crippen LogP contribution in [0.5, 0.6) is 23.0 Å². The Bertz CT molecular complexity index is 1750. The van der Waals surface area contributed by atoms with E-state index in [0.29, 0.717) is 35.0 Å². The number of halogens is 1. The molecule has 4 aromatic rings. The fourth-order valence-corrected chi connectivity index (χ4v) is 4.95. The average molecular weight is 593 g/mol. The van der Waals surface area contributed by atoms with Crippen LogP contribution in [-0.2, 0) is 12.0 Å². The lowest BCUT2D eigenvalue weighted by atomic mass is 9.83. The van der Waals surface area contributed by atoms with Gasteiger partial charge in [-0.1, -0.05) is 57.2 Å². The smallest absolute Gasteiger partial charge is 0.343 e. The molecule has 0 saturated carbocycles. The van der Waals surface area contributed by atoms with Crippen molar-refractivity contribution < 1.29 is 28.1 Å². The number of hydrogen-bond acceptors (Lipinski definition) is 7. The van der Waals surface area contributed by atoms with Crippen LogP contribution in [0.1, 0.15) is 66.2 Å². The standard InChI is InChI=1S/C36H33FN2O5/c1-5-41-32-18-24(10-17-30(32)42-21-22-6-13-26(37)14-7-22)33-28-16-15-27(19-31(28)44-34(39)29(33)20-38)43-35(40)23-8-11-25(12-9-23)36(2,3)4/h6-19,33H,5,21,39H2,1-4H3. The molecular weight excluding hydrogens is 559 g/mol. The van der Waals surface area contributed by atoms with E-state index in [-0.39, 0.29) is 35.0 Å². The molecule has 4 aromatic carbocycles. The lowest BCUT2D eigenvalue weighted by Crippen LogP contribution is -2.21. The van der Waals surface area contributed by atoms with Crippen LogP contribution in [0.2, 0.25) is 0 Å². The number of benzene rings is 4. The lowest BCUT2D eigenvalue weighted by molar-refractivity contribution is 0.0734. The van der Waals surface area contributed by atoms with E-state index >= 15 is 0 Å². The molecule has 7 nitrogen and oxygen atoms in total. The van der Waals surface area contributed by atoms with Gasteiger partial charge < -0.3 is 24.7 Å². The van der Waals surface area contributed by atoms with Gasteiger partial charge in [0.15, 0.2) is 11.5 Å². The Kier molecular flexibility index (Phi) is 8.59. The monoisotopic (exact) mass is 592 g/mol. The van der Waals surface area contributed by atoms with Gasteiger partial charge in [-0.15, -0.1) is 0 Å². The number of nitriles is 1. The zero-order chi connectivity index (χ0) is 31.4. The molecule has 1 aliphatic rings. The molecule has 1 atom stereocenters. The fourth-order valence-electron chi connectivity index (χ4n) is 4.95. The summed E-state index contributed by atoms with van der Waals surface area (Å²) in [5.74, 6) is 0.206. The molecule has 1 unspecified atom stereocenters. The highest BCUT2D eigenvalue weighted by Crippen LogP contribution is 2.45. The number of nitrogens with zero attached hydrogens (tertiary/aromatic N) is 1. The molecule has 1 aliphatic heterocycles. The molecule has 8 heteroatoms. The van der Waals surface area contributed by atoms with Crippen molar-refractivity contribution in [3.8, 4) is 29.1 Å². The highest BCUT2D eigenvalue weighted by molar-refractivity contribution is 5.91. The number of nitrogens with two attached hydrogens (primary N) is 1. The first kappa shape index (κ1) is 30.2. The number of allylic oxidation sites excluding steroid dienone is 1. The van der Waals surface area contributed by atoms with Crippen LogP contribution < -0.4 is 24.7 Å². The van der Waals surface area contributed by atoms with Gasteiger partial charge in [0.05, 0.1) is 18.1 Å². The summed E-state index contributed by atoms with van der Waals surface area (Å²) in [7, 11) is 0. The third-order valence-electron chi connectivity index (χ3n) is 7.30. The topological polar surface area (TPSA) is 104 Å². The quantitative estimate of drug-likeness (QED) is 0.167. The Labute approximate surface area is 256 Å². The minimum Gasteiger partial charge on any atom is -0.490 e. The van der Waals surface area contributed by atoms with E-state index < -0.39 is 11.9 Å². The highest BCUT2D eigenvalue weighted by Gasteiger charge is 2.32. The van der Waals surface area contributed by atoms with E-state index in [2.05, 4.69) is 26.8 Å². The SMILES string of the molecule is CCOc1cc(C2C(C#N)=C(N)Oc3cc(OC(=O)c4ccc(C(C)(C)C)cc4)ccc32)ccc1OCc1ccc(F)cc1. The third kappa shape index (κ3) is 6.52. The molecule has 1 heterocycles. The summed E-state index contributed by atoms with van der Waals surface area (Å²) in [4.78, 5) is 12.9. The molecule has 0 saturated heterocycles. The fraction of sp³-hybridized carbons (Fsp3) is 0.222. The van der Waals surface area contributed by atoms with Crippen molar-refractivity contribution in [2.24, 2.45) is 5.73 Å². The molecule has 44 heavy (non-hydrogen) atoms. The van der Waals surface area contributed by atoms with Gasteiger partial charge in [-0.25, -0.2) is 9.18 Å². The largest absolute Gasteiger partial charge is 0.490 e. The predicted octanol–water partition coefficient (Wildman–Crippen LogP) is 7.54. The van der Waals surface area contributed by atoms with Gasteiger partial charge in [-0.2, -0.15) is 5.26 Å². The molecule has 0 bridgehead atoms. The van der Waals surface area contributed by atoms with Crippen LogP contribution in [-0.4, -0.2) is 12.6 Å². The van der Waals surface area contributed by atoms with Gasteiger partial charge in [0.25, 0.3) is 0 Å². The van der Waals surface area contributed by atoms with Crippen LogP contribution >= 0.6 is 0 Å².